The normalized spacial score (nSPS) is 14.3. The molecule has 0 amide bonds. The maximum absolute atomic E-state index is 5.47. The van der Waals surface area contributed by atoms with E-state index in [1.165, 1.54) is 5.52 Å². The van der Waals surface area contributed by atoms with E-state index >= 15 is 0 Å². The molecule has 1 aliphatic rings. The Balaban J connectivity index is 0.00000289. The van der Waals surface area contributed by atoms with Gasteiger partial charge in [-0.1, -0.05) is 18.2 Å². The summed E-state index contributed by atoms with van der Waals surface area (Å²) in [5, 5.41) is 6.84. The number of anilines is 1. The number of aryl methyl sites for hydroxylation is 2. The zero-order valence-corrected chi connectivity index (χ0v) is 21.1. The third kappa shape index (κ3) is 5.89. The quantitative estimate of drug-likeness (QED) is 0.204. The van der Waals surface area contributed by atoms with Gasteiger partial charge in [0.15, 0.2) is 5.96 Å². The first-order chi connectivity index (χ1) is 15.3. The number of fused-ring (bicyclic) bond motifs is 1. The van der Waals surface area contributed by atoms with Crippen LogP contribution in [0.25, 0.3) is 11.0 Å². The van der Waals surface area contributed by atoms with Gasteiger partial charge in [-0.3, -0.25) is 4.99 Å². The molecule has 172 valence electrons. The number of rotatable bonds is 7. The number of guanidine groups is 1. The van der Waals surface area contributed by atoms with E-state index in [1.54, 1.807) is 7.05 Å². The SMILES string of the molecule is CN=C(NCCCn1c(C)nc2ccccc21)NCc1cccnc1N1CCOCC1.I. The molecule has 1 fully saturated rings. The number of aliphatic imine (C=N–C) groups is 1. The Hall–Kier alpha value is -2.40. The van der Waals surface area contributed by atoms with Crippen molar-refractivity contribution >= 4 is 46.8 Å². The Bertz CT molecular complexity index is 1030. The topological polar surface area (TPSA) is 79.6 Å². The maximum Gasteiger partial charge on any atom is 0.191 e. The fourth-order valence-corrected chi connectivity index (χ4v) is 3.95. The van der Waals surface area contributed by atoms with E-state index in [1.807, 2.05) is 18.3 Å². The van der Waals surface area contributed by atoms with Crippen molar-refractivity contribution in [3.05, 3.63) is 54.0 Å². The summed E-state index contributed by atoms with van der Waals surface area (Å²) in [7, 11) is 1.80. The van der Waals surface area contributed by atoms with Crippen molar-refractivity contribution in [2.45, 2.75) is 26.4 Å². The summed E-state index contributed by atoms with van der Waals surface area (Å²) in [4.78, 5) is 15.9. The molecule has 0 aliphatic carbocycles. The molecule has 3 heterocycles. The molecule has 0 unspecified atom stereocenters. The molecular formula is C23H32IN7O. The van der Waals surface area contributed by atoms with E-state index in [4.69, 9.17) is 4.74 Å². The number of ether oxygens (including phenoxy) is 1. The van der Waals surface area contributed by atoms with Gasteiger partial charge in [-0.2, -0.15) is 0 Å². The molecule has 0 bridgehead atoms. The zero-order valence-electron chi connectivity index (χ0n) is 18.8. The van der Waals surface area contributed by atoms with Crippen molar-refractivity contribution in [2.24, 2.45) is 4.99 Å². The Morgan fingerprint density at radius 2 is 1.94 bits per heavy atom. The molecule has 0 spiro atoms. The van der Waals surface area contributed by atoms with Crippen molar-refractivity contribution < 1.29 is 4.74 Å². The Morgan fingerprint density at radius 3 is 2.75 bits per heavy atom. The number of hydrogen-bond donors (Lipinski definition) is 2. The summed E-state index contributed by atoms with van der Waals surface area (Å²) in [6.07, 6.45) is 2.83. The first kappa shape index (κ1) is 24.2. The van der Waals surface area contributed by atoms with Crippen molar-refractivity contribution in [2.75, 3.05) is 44.8 Å². The second-order valence-electron chi connectivity index (χ2n) is 7.59. The lowest BCUT2D eigenvalue weighted by atomic mass is 10.2. The van der Waals surface area contributed by atoms with Gasteiger partial charge in [0.25, 0.3) is 0 Å². The molecule has 1 saturated heterocycles. The summed E-state index contributed by atoms with van der Waals surface area (Å²) < 4.78 is 7.74. The minimum Gasteiger partial charge on any atom is -0.378 e. The van der Waals surface area contributed by atoms with Crippen molar-refractivity contribution in [1.29, 1.82) is 0 Å². The van der Waals surface area contributed by atoms with Crippen molar-refractivity contribution in [3.63, 3.8) is 0 Å². The van der Waals surface area contributed by atoms with Gasteiger partial charge >= 0.3 is 0 Å². The van der Waals surface area contributed by atoms with Crippen LogP contribution in [0.4, 0.5) is 5.82 Å². The predicted molar refractivity (Wildman–Crippen MR) is 140 cm³/mol. The highest BCUT2D eigenvalue weighted by Gasteiger charge is 2.16. The Labute approximate surface area is 206 Å². The second-order valence-corrected chi connectivity index (χ2v) is 7.59. The monoisotopic (exact) mass is 549 g/mol. The summed E-state index contributed by atoms with van der Waals surface area (Å²) in [6.45, 7) is 7.73. The number of nitrogens with one attached hydrogen (secondary N) is 2. The summed E-state index contributed by atoms with van der Waals surface area (Å²) in [5.74, 6) is 2.87. The van der Waals surface area contributed by atoms with Gasteiger partial charge in [-0.05, 0) is 31.5 Å². The van der Waals surface area contributed by atoms with Crippen LogP contribution in [0.2, 0.25) is 0 Å². The van der Waals surface area contributed by atoms with Crippen LogP contribution in [-0.2, 0) is 17.8 Å². The number of hydrogen-bond acceptors (Lipinski definition) is 5. The van der Waals surface area contributed by atoms with Crippen LogP contribution in [0.3, 0.4) is 0 Å². The highest BCUT2D eigenvalue weighted by atomic mass is 127. The predicted octanol–water partition coefficient (Wildman–Crippen LogP) is 2.95. The molecule has 0 atom stereocenters. The number of imidazole rings is 1. The molecule has 0 radical (unpaired) electrons. The van der Waals surface area contributed by atoms with Gasteiger partial charge in [-0.25, -0.2) is 9.97 Å². The first-order valence-electron chi connectivity index (χ1n) is 10.9. The van der Waals surface area contributed by atoms with Crippen LogP contribution in [0.15, 0.2) is 47.6 Å². The van der Waals surface area contributed by atoms with Gasteiger partial charge in [0.2, 0.25) is 0 Å². The minimum absolute atomic E-state index is 0. The second kappa shape index (κ2) is 12.0. The molecule has 2 N–H and O–H groups in total. The van der Waals surface area contributed by atoms with Crippen LogP contribution >= 0.6 is 24.0 Å². The van der Waals surface area contributed by atoms with Crippen LogP contribution in [0, 0.1) is 6.92 Å². The van der Waals surface area contributed by atoms with Gasteiger partial charge in [0.05, 0.1) is 24.2 Å². The molecule has 32 heavy (non-hydrogen) atoms. The molecule has 4 rings (SSSR count). The Kier molecular flexibility index (Phi) is 9.10. The van der Waals surface area contributed by atoms with E-state index in [-0.39, 0.29) is 24.0 Å². The standard InChI is InChI=1S/C23H31N7O.HI/c1-18-28-20-8-3-4-9-21(20)30(18)12-6-11-26-23(24-2)27-17-19-7-5-10-25-22(19)29-13-15-31-16-14-29;/h3-5,7-10H,6,11-17H2,1-2H3,(H2,24,26,27);1H. The third-order valence-electron chi connectivity index (χ3n) is 5.54. The van der Waals surface area contributed by atoms with Crippen LogP contribution in [0.5, 0.6) is 0 Å². The molecule has 8 nitrogen and oxygen atoms in total. The summed E-state index contributed by atoms with van der Waals surface area (Å²) >= 11 is 0. The zero-order chi connectivity index (χ0) is 21.5. The largest absolute Gasteiger partial charge is 0.378 e. The van der Waals surface area contributed by atoms with E-state index in [0.717, 1.165) is 74.5 Å². The van der Waals surface area contributed by atoms with Gasteiger partial charge in [0, 0.05) is 51.5 Å². The number of benzene rings is 1. The van der Waals surface area contributed by atoms with Crippen molar-refractivity contribution in [3.8, 4) is 0 Å². The molecule has 3 aromatic rings. The average Bonchev–Trinajstić information content (AvgIpc) is 3.14. The van der Waals surface area contributed by atoms with E-state index in [0.29, 0.717) is 6.54 Å². The van der Waals surface area contributed by atoms with E-state index < -0.39 is 0 Å². The molecule has 1 aliphatic heterocycles. The number of halogens is 1. The van der Waals surface area contributed by atoms with Gasteiger partial charge in [0.1, 0.15) is 11.6 Å². The number of aromatic nitrogens is 3. The smallest absolute Gasteiger partial charge is 0.191 e. The fraction of sp³-hybridized carbons (Fsp3) is 0.435. The van der Waals surface area contributed by atoms with Gasteiger partial charge in [-0.15, -0.1) is 24.0 Å². The first-order valence-corrected chi connectivity index (χ1v) is 10.9. The minimum atomic E-state index is 0. The number of para-hydroxylation sites is 2. The van der Waals surface area contributed by atoms with Crippen LogP contribution in [0.1, 0.15) is 17.8 Å². The van der Waals surface area contributed by atoms with Crippen LogP contribution < -0.4 is 15.5 Å². The Morgan fingerprint density at radius 1 is 1.12 bits per heavy atom. The maximum atomic E-state index is 5.47. The lowest BCUT2D eigenvalue weighted by Crippen LogP contribution is -2.39. The van der Waals surface area contributed by atoms with Crippen molar-refractivity contribution in [1.82, 2.24) is 25.2 Å². The summed E-state index contributed by atoms with van der Waals surface area (Å²) in [5.41, 5.74) is 3.40. The van der Waals surface area contributed by atoms with Crippen LogP contribution in [-0.4, -0.2) is 60.4 Å². The highest BCUT2D eigenvalue weighted by molar-refractivity contribution is 14.0. The third-order valence-corrected chi connectivity index (χ3v) is 5.54. The van der Waals surface area contributed by atoms with E-state index in [9.17, 15) is 0 Å². The summed E-state index contributed by atoms with van der Waals surface area (Å²) in [6, 6.07) is 12.4. The van der Waals surface area contributed by atoms with Gasteiger partial charge < -0.3 is 24.8 Å². The molecule has 1 aromatic carbocycles. The molecule has 2 aromatic heterocycles. The average molecular weight is 549 g/mol. The number of morpholine rings is 1. The fourth-order valence-electron chi connectivity index (χ4n) is 3.95. The lowest BCUT2D eigenvalue weighted by Gasteiger charge is -2.29. The number of nitrogens with zero attached hydrogens (tertiary/aromatic N) is 5. The highest BCUT2D eigenvalue weighted by Crippen LogP contribution is 2.18. The molecule has 0 saturated carbocycles. The molecule has 9 heteroatoms. The number of pyridine rings is 1. The lowest BCUT2D eigenvalue weighted by molar-refractivity contribution is 0.122. The van der Waals surface area contributed by atoms with E-state index in [2.05, 4.69) is 66.3 Å². The molecular weight excluding hydrogens is 517 g/mol.